The number of ether oxygens (including phenoxy) is 1. The Labute approximate surface area is 161 Å². The topological polar surface area (TPSA) is 58.6 Å². The van der Waals surface area contributed by atoms with Crippen LogP contribution in [0, 0.1) is 6.92 Å². The molecule has 0 spiro atoms. The summed E-state index contributed by atoms with van der Waals surface area (Å²) in [7, 11) is 4.01. The number of carbonyl (C=O) groups is 2. The van der Waals surface area contributed by atoms with E-state index >= 15 is 0 Å². The number of benzene rings is 2. The van der Waals surface area contributed by atoms with Gasteiger partial charge >= 0.3 is 0 Å². The second-order valence-corrected chi connectivity index (χ2v) is 6.86. The van der Waals surface area contributed by atoms with Crippen molar-refractivity contribution in [3.05, 3.63) is 65.2 Å². The summed E-state index contributed by atoms with van der Waals surface area (Å²) >= 11 is 0. The normalized spacial score (nSPS) is 10.7. The van der Waals surface area contributed by atoms with Gasteiger partial charge in [-0.2, -0.15) is 0 Å². The molecule has 0 aliphatic heterocycles. The Balaban J connectivity index is 1.70. The van der Waals surface area contributed by atoms with Gasteiger partial charge in [0.2, 0.25) is 5.91 Å². The number of rotatable bonds is 10. The Kier molecular flexibility index (Phi) is 8.01. The molecule has 1 amide bonds. The Morgan fingerprint density at radius 2 is 1.63 bits per heavy atom. The average Bonchev–Trinajstić information content (AvgIpc) is 2.65. The SMILES string of the molecule is Cc1ccc(C(=O)CCC(=O)NCc2ccc(OCCN(C)C)cc2)cc1. The number of Topliss-reactive ketones (excluding diaryl/α,β-unsaturated/α-hetero) is 1. The molecule has 0 saturated carbocycles. The molecular weight excluding hydrogens is 340 g/mol. The first kappa shape index (κ1) is 20.6. The minimum absolute atomic E-state index is 0.00984. The Morgan fingerprint density at radius 1 is 0.963 bits per heavy atom. The second-order valence-electron chi connectivity index (χ2n) is 6.86. The van der Waals surface area contributed by atoms with Crippen molar-refractivity contribution >= 4 is 11.7 Å². The van der Waals surface area contributed by atoms with Gasteiger partial charge in [0, 0.05) is 31.5 Å². The number of aryl methyl sites for hydroxylation is 1. The van der Waals surface area contributed by atoms with Crippen LogP contribution >= 0.6 is 0 Å². The van der Waals surface area contributed by atoms with Gasteiger partial charge < -0.3 is 15.0 Å². The van der Waals surface area contributed by atoms with E-state index in [2.05, 4.69) is 10.2 Å². The first-order valence-electron chi connectivity index (χ1n) is 9.17. The van der Waals surface area contributed by atoms with Crippen molar-refractivity contribution in [1.82, 2.24) is 10.2 Å². The lowest BCUT2D eigenvalue weighted by Gasteiger charge is -2.11. The van der Waals surface area contributed by atoms with Crippen LogP contribution < -0.4 is 10.1 Å². The molecule has 0 saturated heterocycles. The average molecular weight is 368 g/mol. The molecule has 144 valence electrons. The zero-order valence-electron chi connectivity index (χ0n) is 16.3. The molecule has 27 heavy (non-hydrogen) atoms. The molecule has 0 bridgehead atoms. The van der Waals surface area contributed by atoms with Crippen molar-refractivity contribution in [2.75, 3.05) is 27.2 Å². The number of nitrogens with zero attached hydrogens (tertiary/aromatic N) is 1. The monoisotopic (exact) mass is 368 g/mol. The van der Waals surface area contributed by atoms with Crippen LogP contribution in [0.25, 0.3) is 0 Å². The number of hydrogen-bond donors (Lipinski definition) is 1. The molecule has 0 fully saturated rings. The van der Waals surface area contributed by atoms with E-state index in [1.165, 1.54) is 0 Å². The third kappa shape index (κ3) is 7.62. The fourth-order valence-electron chi connectivity index (χ4n) is 2.45. The van der Waals surface area contributed by atoms with Gasteiger partial charge in [-0.1, -0.05) is 42.0 Å². The molecule has 0 aliphatic carbocycles. The quantitative estimate of drug-likeness (QED) is 0.654. The van der Waals surface area contributed by atoms with Gasteiger partial charge in [-0.05, 0) is 38.7 Å². The molecule has 0 unspecified atom stereocenters. The molecule has 0 radical (unpaired) electrons. The summed E-state index contributed by atoms with van der Waals surface area (Å²) in [6, 6.07) is 15.1. The number of likely N-dealkylation sites (N-methyl/N-ethyl adjacent to an activating group) is 1. The first-order chi connectivity index (χ1) is 12.9. The third-order valence-electron chi connectivity index (χ3n) is 4.17. The lowest BCUT2D eigenvalue weighted by molar-refractivity contribution is -0.121. The molecule has 2 aromatic rings. The third-order valence-corrected chi connectivity index (χ3v) is 4.17. The predicted molar refractivity (Wildman–Crippen MR) is 107 cm³/mol. The molecule has 1 N–H and O–H groups in total. The Bertz CT molecular complexity index is 737. The zero-order valence-corrected chi connectivity index (χ0v) is 16.3. The van der Waals surface area contributed by atoms with Gasteiger partial charge in [0.1, 0.15) is 12.4 Å². The van der Waals surface area contributed by atoms with Crippen LogP contribution in [-0.4, -0.2) is 43.8 Å². The number of amides is 1. The van der Waals surface area contributed by atoms with Crippen molar-refractivity contribution in [1.29, 1.82) is 0 Å². The van der Waals surface area contributed by atoms with E-state index in [4.69, 9.17) is 4.74 Å². The zero-order chi connectivity index (χ0) is 19.6. The molecule has 5 nitrogen and oxygen atoms in total. The summed E-state index contributed by atoms with van der Waals surface area (Å²) in [5.41, 5.74) is 2.75. The van der Waals surface area contributed by atoms with Gasteiger partial charge in [0.05, 0.1) is 0 Å². The van der Waals surface area contributed by atoms with E-state index in [1.807, 2.05) is 57.4 Å². The number of ketones is 1. The summed E-state index contributed by atoms with van der Waals surface area (Å²) in [4.78, 5) is 26.2. The highest BCUT2D eigenvalue weighted by molar-refractivity contribution is 5.97. The fourth-order valence-corrected chi connectivity index (χ4v) is 2.45. The van der Waals surface area contributed by atoms with Gasteiger partial charge in [-0.3, -0.25) is 9.59 Å². The van der Waals surface area contributed by atoms with Crippen LogP contribution in [0.4, 0.5) is 0 Å². The van der Waals surface area contributed by atoms with E-state index in [-0.39, 0.29) is 24.5 Å². The Morgan fingerprint density at radius 3 is 2.26 bits per heavy atom. The van der Waals surface area contributed by atoms with Crippen molar-refractivity contribution in [2.45, 2.75) is 26.3 Å². The molecule has 2 aromatic carbocycles. The molecule has 0 aliphatic rings. The van der Waals surface area contributed by atoms with E-state index < -0.39 is 0 Å². The summed E-state index contributed by atoms with van der Waals surface area (Å²) in [5.74, 6) is 0.682. The number of nitrogens with one attached hydrogen (secondary N) is 1. The largest absolute Gasteiger partial charge is 0.492 e. The highest BCUT2D eigenvalue weighted by atomic mass is 16.5. The smallest absolute Gasteiger partial charge is 0.220 e. The van der Waals surface area contributed by atoms with Crippen molar-refractivity contribution in [3.8, 4) is 5.75 Å². The molecule has 2 rings (SSSR count). The van der Waals surface area contributed by atoms with Crippen LogP contribution in [0.2, 0.25) is 0 Å². The standard InChI is InChI=1S/C22H28N2O3/c1-17-4-8-19(9-5-17)21(25)12-13-22(26)23-16-18-6-10-20(11-7-18)27-15-14-24(2)3/h4-11H,12-16H2,1-3H3,(H,23,26). The lowest BCUT2D eigenvalue weighted by atomic mass is 10.0. The maximum atomic E-state index is 12.1. The van der Waals surface area contributed by atoms with Gasteiger partial charge in [0.15, 0.2) is 5.78 Å². The second kappa shape index (κ2) is 10.5. The van der Waals surface area contributed by atoms with Crippen LogP contribution in [0.3, 0.4) is 0 Å². The van der Waals surface area contributed by atoms with Gasteiger partial charge in [-0.15, -0.1) is 0 Å². The highest BCUT2D eigenvalue weighted by Crippen LogP contribution is 2.12. The molecule has 0 aromatic heterocycles. The maximum Gasteiger partial charge on any atom is 0.220 e. The summed E-state index contributed by atoms with van der Waals surface area (Å²) in [6.07, 6.45) is 0.409. The van der Waals surface area contributed by atoms with Gasteiger partial charge in [-0.25, -0.2) is 0 Å². The highest BCUT2D eigenvalue weighted by Gasteiger charge is 2.09. The lowest BCUT2D eigenvalue weighted by Crippen LogP contribution is -2.23. The molecule has 0 heterocycles. The number of hydrogen-bond acceptors (Lipinski definition) is 4. The van der Waals surface area contributed by atoms with E-state index in [0.717, 1.165) is 23.4 Å². The first-order valence-corrected chi connectivity index (χ1v) is 9.17. The van der Waals surface area contributed by atoms with E-state index in [9.17, 15) is 9.59 Å². The summed E-state index contributed by atoms with van der Waals surface area (Å²) < 4.78 is 5.65. The maximum absolute atomic E-state index is 12.1. The fraction of sp³-hybridized carbons (Fsp3) is 0.364. The number of carbonyl (C=O) groups excluding carboxylic acids is 2. The summed E-state index contributed by atoms with van der Waals surface area (Å²) in [5, 5.41) is 2.85. The van der Waals surface area contributed by atoms with Crippen LogP contribution in [0.15, 0.2) is 48.5 Å². The van der Waals surface area contributed by atoms with Crippen LogP contribution in [0.1, 0.15) is 34.3 Å². The van der Waals surface area contributed by atoms with Crippen LogP contribution in [-0.2, 0) is 11.3 Å². The molecule has 0 atom stereocenters. The van der Waals surface area contributed by atoms with Crippen molar-refractivity contribution < 1.29 is 14.3 Å². The van der Waals surface area contributed by atoms with Crippen LogP contribution in [0.5, 0.6) is 5.75 Å². The minimum Gasteiger partial charge on any atom is -0.492 e. The predicted octanol–water partition coefficient (Wildman–Crippen LogP) is 3.21. The summed E-state index contributed by atoms with van der Waals surface area (Å²) in [6.45, 7) is 3.91. The molecular formula is C22H28N2O3. The van der Waals surface area contributed by atoms with Crippen molar-refractivity contribution in [2.24, 2.45) is 0 Å². The minimum atomic E-state index is -0.123. The van der Waals surface area contributed by atoms with E-state index in [1.54, 1.807) is 12.1 Å². The Hall–Kier alpha value is -2.66. The van der Waals surface area contributed by atoms with Crippen molar-refractivity contribution in [3.63, 3.8) is 0 Å². The van der Waals surface area contributed by atoms with Gasteiger partial charge in [0.25, 0.3) is 0 Å². The molecule has 5 heteroatoms. The van der Waals surface area contributed by atoms with E-state index in [0.29, 0.717) is 18.7 Å².